The van der Waals surface area contributed by atoms with Crippen molar-refractivity contribution in [2.75, 3.05) is 0 Å². The van der Waals surface area contributed by atoms with Gasteiger partial charge >= 0.3 is 0 Å². The molecule has 174 valence electrons. The Balaban J connectivity index is 1.60. The SMILES string of the molecule is CC1(C)CC2(C1)C[C@]1(O)CC[C@@H]3C(=CC[C@]4(C)[C@@H](O)CC[C@@H]34)[C@@]1(CC=CBr)CC2(O)O. The van der Waals surface area contributed by atoms with Crippen LogP contribution in [0.4, 0.5) is 0 Å². The van der Waals surface area contributed by atoms with Crippen LogP contribution in [0.3, 0.4) is 0 Å². The van der Waals surface area contributed by atoms with Gasteiger partial charge in [0.2, 0.25) is 0 Å². The van der Waals surface area contributed by atoms with E-state index in [1.54, 1.807) is 0 Å². The lowest BCUT2D eigenvalue weighted by Crippen LogP contribution is -2.72. The summed E-state index contributed by atoms with van der Waals surface area (Å²) in [7, 11) is 0. The maximum absolute atomic E-state index is 12.3. The van der Waals surface area contributed by atoms with Crippen LogP contribution in [0, 0.1) is 33.5 Å². The zero-order valence-electron chi connectivity index (χ0n) is 19.2. The van der Waals surface area contributed by atoms with Gasteiger partial charge in [-0.2, -0.15) is 0 Å². The molecule has 4 N–H and O–H groups in total. The summed E-state index contributed by atoms with van der Waals surface area (Å²) < 4.78 is 0. The van der Waals surface area contributed by atoms with E-state index in [9.17, 15) is 20.4 Å². The van der Waals surface area contributed by atoms with Crippen LogP contribution < -0.4 is 0 Å². The minimum atomic E-state index is -1.78. The van der Waals surface area contributed by atoms with Gasteiger partial charge < -0.3 is 20.4 Å². The zero-order chi connectivity index (χ0) is 22.5. The molecule has 0 unspecified atom stereocenters. The molecule has 1 spiro atoms. The summed E-state index contributed by atoms with van der Waals surface area (Å²) in [4.78, 5) is 1.84. The molecule has 0 aliphatic heterocycles. The summed E-state index contributed by atoms with van der Waals surface area (Å²) >= 11 is 3.41. The number of hydrogen-bond acceptors (Lipinski definition) is 4. The Labute approximate surface area is 194 Å². The first-order valence-corrected chi connectivity index (χ1v) is 13.1. The summed E-state index contributed by atoms with van der Waals surface area (Å²) in [5.74, 6) is -1.07. The molecule has 5 aliphatic carbocycles. The molecule has 6 atom stereocenters. The van der Waals surface area contributed by atoms with Crippen molar-refractivity contribution in [1.82, 2.24) is 0 Å². The summed E-state index contributed by atoms with van der Waals surface area (Å²) in [5, 5.41) is 46.0. The molecular weight excluding hydrogens is 456 g/mol. The fraction of sp³-hybridized carbons (Fsp3) is 0.846. The van der Waals surface area contributed by atoms with Crippen molar-refractivity contribution < 1.29 is 20.4 Å². The smallest absolute Gasteiger partial charge is 0.169 e. The van der Waals surface area contributed by atoms with Gasteiger partial charge in [0.15, 0.2) is 5.79 Å². The Morgan fingerprint density at radius 2 is 1.74 bits per heavy atom. The largest absolute Gasteiger partial charge is 0.393 e. The Kier molecular flexibility index (Phi) is 4.87. The summed E-state index contributed by atoms with van der Waals surface area (Å²) in [6, 6.07) is 0. The van der Waals surface area contributed by atoms with Crippen LogP contribution in [0.25, 0.3) is 0 Å². The van der Waals surface area contributed by atoms with Gasteiger partial charge in [0.1, 0.15) is 0 Å². The Morgan fingerprint density at radius 1 is 1.03 bits per heavy atom. The third-order valence-corrected chi connectivity index (χ3v) is 10.9. The third kappa shape index (κ3) is 2.86. The predicted octanol–water partition coefficient (Wildman–Crippen LogP) is 4.80. The summed E-state index contributed by atoms with van der Waals surface area (Å²) in [6.45, 7) is 6.59. The zero-order valence-corrected chi connectivity index (χ0v) is 20.8. The molecule has 0 saturated heterocycles. The molecule has 5 heteroatoms. The Morgan fingerprint density at radius 3 is 2.39 bits per heavy atom. The minimum absolute atomic E-state index is 0.0892. The van der Waals surface area contributed by atoms with Crippen molar-refractivity contribution >= 4 is 15.9 Å². The monoisotopic (exact) mass is 494 g/mol. The van der Waals surface area contributed by atoms with Gasteiger partial charge in [-0.15, -0.1) is 0 Å². The normalized spacial score (nSPS) is 49.2. The summed E-state index contributed by atoms with van der Waals surface area (Å²) in [6.07, 6.45) is 11.1. The number of aliphatic hydroxyl groups excluding tert-OH is 1. The number of allylic oxidation sites excluding steroid dienone is 2. The van der Waals surface area contributed by atoms with Crippen LogP contribution in [0.1, 0.15) is 85.0 Å². The first-order chi connectivity index (χ1) is 14.3. The molecule has 31 heavy (non-hydrogen) atoms. The summed E-state index contributed by atoms with van der Waals surface area (Å²) in [5.41, 5.74) is -0.982. The van der Waals surface area contributed by atoms with Crippen molar-refractivity contribution in [3.63, 3.8) is 0 Å². The molecular formula is C26H39BrO4. The molecule has 5 rings (SSSR count). The van der Waals surface area contributed by atoms with E-state index >= 15 is 0 Å². The molecule has 0 bridgehead atoms. The van der Waals surface area contributed by atoms with Crippen LogP contribution >= 0.6 is 15.9 Å². The molecule has 0 amide bonds. The molecule has 4 fully saturated rings. The van der Waals surface area contributed by atoms with E-state index in [4.69, 9.17) is 0 Å². The molecule has 4 nitrogen and oxygen atoms in total. The first-order valence-electron chi connectivity index (χ1n) is 12.1. The fourth-order valence-electron chi connectivity index (χ4n) is 9.35. The molecule has 0 heterocycles. The molecule has 0 aromatic heterocycles. The number of rotatable bonds is 2. The first kappa shape index (κ1) is 22.6. The third-order valence-electron chi connectivity index (χ3n) is 10.5. The second kappa shape index (κ2) is 6.69. The van der Waals surface area contributed by atoms with Crippen molar-refractivity contribution in [1.29, 1.82) is 0 Å². The number of aliphatic hydroxyl groups is 4. The fourth-order valence-corrected chi connectivity index (χ4v) is 9.53. The lowest BCUT2D eigenvalue weighted by atomic mass is 9.37. The van der Waals surface area contributed by atoms with Crippen LogP contribution in [0.15, 0.2) is 22.7 Å². The van der Waals surface area contributed by atoms with Crippen molar-refractivity contribution in [2.24, 2.45) is 33.5 Å². The van der Waals surface area contributed by atoms with E-state index in [1.807, 2.05) is 11.1 Å². The highest BCUT2D eigenvalue weighted by Gasteiger charge is 2.73. The van der Waals surface area contributed by atoms with Crippen LogP contribution in [-0.2, 0) is 0 Å². The molecule has 0 aromatic carbocycles. The average Bonchev–Trinajstić information content (AvgIpc) is 2.95. The quantitative estimate of drug-likeness (QED) is 0.328. The average molecular weight is 495 g/mol. The van der Waals surface area contributed by atoms with Crippen molar-refractivity contribution in [3.8, 4) is 0 Å². The van der Waals surface area contributed by atoms with E-state index in [2.05, 4.69) is 42.8 Å². The number of fused-ring (bicyclic) bond motifs is 5. The molecule has 4 saturated carbocycles. The van der Waals surface area contributed by atoms with Gasteiger partial charge in [-0.25, -0.2) is 0 Å². The van der Waals surface area contributed by atoms with Gasteiger partial charge in [-0.1, -0.05) is 54.4 Å². The lowest BCUT2D eigenvalue weighted by molar-refractivity contribution is -0.358. The van der Waals surface area contributed by atoms with Gasteiger partial charge in [0.05, 0.1) is 11.7 Å². The maximum Gasteiger partial charge on any atom is 0.169 e. The molecule has 0 radical (unpaired) electrons. The highest BCUT2D eigenvalue weighted by molar-refractivity contribution is 9.11. The lowest BCUT2D eigenvalue weighted by Gasteiger charge is -2.70. The predicted molar refractivity (Wildman–Crippen MR) is 124 cm³/mol. The van der Waals surface area contributed by atoms with Gasteiger partial charge in [-0.05, 0) is 80.0 Å². The van der Waals surface area contributed by atoms with Crippen LogP contribution in [0.2, 0.25) is 0 Å². The highest BCUT2D eigenvalue weighted by Crippen LogP contribution is 2.74. The number of hydrogen-bond donors (Lipinski definition) is 4. The van der Waals surface area contributed by atoms with E-state index in [0.717, 1.165) is 38.5 Å². The minimum Gasteiger partial charge on any atom is -0.393 e. The van der Waals surface area contributed by atoms with Gasteiger partial charge in [0.25, 0.3) is 0 Å². The molecule has 5 aliphatic rings. The van der Waals surface area contributed by atoms with Crippen molar-refractivity contribution in [2.45, 2.75) is 102 Å². The number of halogens is 1. The maximum atomic E-state index is 12.3. The molecule has 0 aromatic rings. The van der Waals surface area contributed by atoms with Crippen LogP contribution in [-0.4, -0.2) is 37.9 Å². The standard InChI is InChI=1S/C26H39BrO4/c1-21(2)13-23(14-21)15-25(29)11-7-17-18-5-6-20(28)22(18,3)10-8-19(17)24(25,9-4-12-27)16-26(23,30)31/h4,8,12,17-18,20,28-31H,5-7,9-11,13-16H2,1-3H3/t17-,18-,20-,22-,24+,25+/m0/s1. The van der Waals surface area contributed by atoms with E-state index in [-0.39, 0.29) is 23.4 Å². The second-order valence-corrected chi connectivity index (χ2v) is 13.4. The van der Waals surface area contributed by atoms with Crippen molar-refractivity contribution in [3.05, 3.63) is 22.7 Å². The van der Waals surface area contributed by atoms with E-state index in [1.165, 1.54) is 5.57 Å². The van der Waals surface area contributed by atoms with E-state index in [0.29, 0.717) is 31.1 Å². The Bertz CT molecular complexity index is 823. The van der Waals surface area contributed by atoms with Gasteiger partial charge in [0, 0.05) is 22.7 Å². The highest BCUT2D eigenvalue weighted by atomic mass is 79.9. The van der Waals surface area contributed by atoms with Crippen LogP contribution in [0.5, 0.6) is 0 Å². The second-order valence-electron chi connectivity index (χ2n) is 12.9. The Hall–Kier alpha value is -0.200. The van der Waals surface area contributed by atoms with E-state index < -0.39 is 22.2 Å². The van der Waals surface area contributed by atoms with Gasteiger partial charge in [-0.3, -0.25) is 0 Å². The topological polar surface area (TPSA) is 80.9 Å².